The van der Waals surface area contributed by atoms with Crippen molar-refractivity contribution < 1.29 is 36.0 Å². The molecule has 0 unspecified atom stereocenters. The van der Waals surface area contributed by atoms with Gasteiger partial charge in [0.15, 0.2) is 0 Å². The van der Waals surface area contributed by atoms with Crippen molar-refractivity contribution in [1.82, 2.24) is 5.32 Å². The lowest BCUT2D eigenvalue weighted by atomic mass is 10.2. The Morgan fingerprint density at radius 2 is 1.65 bits per heavy atom. The summed E-state index contributed by atoms with van der Waals surface area (Å²) in [5.41, 5.74) is 0.486. The predicted octanol–water partition coefficient (Wildman–Crippen LogP) is 4.22. The number of sulfonamides is 1. The van der Waals surface area contributed by atoms with Crippen LogP contribution in [-0.2, 0) is 16.6 Å². The van der Waals surface area contributed by atoms with Crippen molar-refractivity contribution in [2.75, 3.05) is 4.72 Å². The van der Waals surface area contributed by atoms with Gasteiger partial charge in [-0.2, -0.15) is 0 Å². The van der Waals surface area contributed by atoms with E-state index < -0.39 is 27.2 Å². The van der Waals surface area contributed by atoms with Crippen LogP contribution >= 0.6 is 0 Å². The molecular formula is C21H16F3N3O6S. The Morgan fingerprint density at radius 1 is 1.00 bits per heavy atom. The van der Waals surface area contributed by atoms with E-state index in [0.29, 0.717) is 5.56 Å². The van der Waals surface area contributed by atoms with Crippen LogP contribution < -0.4 is 14.8 Å². The van der Waals surface area contributed by atoms with Gasteiger partial charge in [0.05, 0.1) is 9.82 Å². The monoisotopic (exact) mass is 495 g/mol. The molecule has 3 aromatic rings. The molecule has 0 aliphatic heterocycles. The van der Waals surface area contributed by atoms with Gasteiger partial charge in [0, 0.05) is 29.9 Å². The Hall–Kier alpha value is -4.13. The first-order valence-corrected chi connectivity index (χ1v) is 10.9. The van der Waals surface area contributed by atoms with Crippen molar-refractivity contribution >= 4 is 27.3 Å². The third kappa shape index (κ3) is 6.68. The van der Waals surface area contributed by atoms with Gasteiger partial charge >= 0.3 is 6.36 Å². The highest BCUT2D eigenvalue weighted by atomic mass is 32.2. The number of nitro groups is 1. The van der Waals surface area contributed by atoms with Crippen LogP contribution in [0, 0.1) is 10.1 Å². The number of benzene rings is 3. The van der Waals surface area contributed by atoms with Crippen molar-refractivity contribution in [3.8, 4) is 5.75 Å². The molecule has 0 aliphatic carbocycles. The number of nitro benzene ring substituents is 1. The Morgan fingerprint density at radius 3 is 2.24 bits per heavy atom. The van der Waals surface area contributed by atoms with E-state index in [4.69, 9.17) is 0 Å². The highest BCUT2D eigenvalue weighted by molar-refractivity contribution is 7.92. The van der Waals surface area contributed by atoms with E-state index in [1.807, 2.05) is 0 Å². The first kappa shape index (κ1) is 24.5. The normalized spacial score (nSPS) is 11.5. The summed E-state index contributed by atoms with van der Waals surface area (Å²) in [6, 6.07) is 14.9. The summed E-state index contributed by atoms with van der Waals surface area (Å²) in [4.78, 5) is 22.2. The van der Waals surface area contributed by atoms with Crippen LogP contribution in [0.25, 0.3) is 0 Å². The van der Waals surface area contributed by atoms with Gasteiger partial charge in [-0.3, -0.25) is 19.6 Å². The number of hydrogen-bond donors (Lipinski definition) is 2. The minimum Gasteiger partial charge on any atom is -0.406 e. The summed E-state index contributed by atoms with van der Waals surface area (Å²) < 4.78 is 67.6. The van der Waals surface area contributed by atoms with E-state index in [1.165, 1.54) is 48.5 Å². The van der Waals surface area contributed by atoms with Crippen molar-refractivity contribution in [2.24, 2.45) is 0 Å². The zero-order valence-corrected chi connectivity index (χ0v) is 17.9. The molecule has 0 aliphatic rings. The van der Waals surface area contributed by atoms with E-state index in [0.717, 1.165) is 24.3 Å². The lowest BCUT2D eigenvalue weighted by Gasteiger charge is -2.10. The number of amides is 1. The number of ether oxygens (including phenoxy) is 1. The van der Waals surface area contributed by atoms with Gasteiger partial charge in [-0.15, -0.1) is 13.2 Å². The second-order valence-corrected chi connectivity index (χ2v) is 8.49. The van der Waals surface area contributed by atoms with Gasteiger partial charge in [0.2, 0.25) is 0 Å². The van der Waals surface area contributed by atoms with E-state index >= 15 is 0 Å². The lowest BCUT2D eigenvalue weighted by Crippen LogP contribution is -2.23. The van der Waals surface area contributed by atoms with Crippen LogP contribution in [0.4, 0.5) is 24.5 Å². The maximum atomic E-state index is 12.5. The number of non-ortho nitro benzene ring substituents is 1. The quantitative estimate of drug-likeness (QED) is 0.356. The molecule has 0 saturated heterocycles. The zero-order valence-electron chi connectivity index (χ0n) is 17.1. The van der Waals surface area contributed by atoms with Crippen LogP contribution in [0.1, 0.15) is 15.9 Å². The number of rotatable bonds is 8. The van der Waals surface area contributed by atoms with Crippen molar-refractivity contribution in [3.63, 3.8) is 0 Å². The average molecular weight is 495 g/mol. The molecule has 0 spiro atoms. The molecule has 0 heterocycles. The maximum absolute atomic E-state index is 12.5. The molecule has 3 rings (SSSR count). The highest BCUT2D eigenvalue weighted by Gasteiger charge is 2.30. The number of nitrogens with one attached hydrogen (secondary N) is 2. The number of nitrogens with zero attached hydrogens (tertiary/aromatic N) is 1. The molecule has 0 aromatic heterocycles. The fourth-order valence-electron chi connectivity index (χ4n) is 2.76. The van der Waals surface area contributed by atoms with Gasteiger partial charge in [0.25, 0.3) is 21.6 Å². The fourth-order valence-corrected chi connectivity index (χ4v) is 3.86. The predicted molar refractivity (Wildman–Crippen MR) is 115 cm³/mol. The van der Waals surface area contributed by atoms with Crippen molar-refractivity contribution in [2.45, 2.75) is 17.8 Å². The van der Waals surface area contributed by atoms with Crippen molar-refractivity contribution in [3.05, 3.63) is 94.0 Å². The van der Waals surface area contributed by atoms with Gasteiger partial charge in [-0.05, 0) is 48.0 Å². The minimum absolute atomic E-state index is 0.0340. The Bertz CT molecular complexity index is 1290. The van der Waals surface area contributed by atoms with Gasteiger partial charge in [0.1, 0.15) is 5.75 Å². The SMILES string of the molecule is O=C(NCc1ccc(OC(F)(F)F)cc1)c1ccc(NS(=O)(=O)c2cccc([N+](=O)[O-])c2)cc1. The van der Waals surface area contributed by atoms with Gasteiger partial charge in [-0.1, -0.05) is 18.2 Å². The van der Waals surface area contributed by atoms with Crippen LogP contribution in [0.15, 0.2) is 77.7 Å². The van der Waals surface area contributed by atoms with Crippen LogP contribution in [0.2, 0.25) is 0 Å². The Labute approximate surface area is 191 Å². The second kappa shape index (κ2) is 9.79. The molecule has 3 aromatic carbocycles. The molecule has 0 saturated carbocycles. The Kier molecular flexibility index (Phi) is 7.05. The number of carbonyl (C=O) groups excluding carboxylic acids is 1. The molecule has 0 atom stereocenters. The smallest absolute Gasteiger partial charge is 0.406 e. The van der Waals surface area contributed by atoms with E-state index in [1.54, 1.807) is 0 Å². The zero-order chi connectivity index (χ0) is 24.9. The number of alkyl halides is 3. The standard InChI is InChI=1S/C21H16F3N3O6S/c22-21(23,24)33-18-10-4-14(5-11-18)13-25-20(28)15-6-8-16(9-7-15)26-34(31,32)19-3-1-2-17(12-19)27(29)30/h1-12,26H,13H2,(H,25,28). The fraction of sp³-hybridized carbons (Fsp3) is 0.0952. The number of hydrogen-bond acceptors (Lipinski definition) is 6. The van der Waals surface area contributed by atoms with Crippen LogP contribution in [0.5, 0.6) is 5.75 Å². The molecule has 34 heavy (non-hydrogen) atoms. The topological polar surface area (TPSA) is 128 Å². The molecule has 0 radical (unpaired) electrons. The summed E-state index contributed by atoms with van der Waals surface area (Å²) in [5, 5.41) is 13.4. The third-order valence-corrected chi connectivity index (χ3v) is 5.73. The van der Waals surface area contributed by atoms with Crippen LogP contribution in [0.3, 0.4) is 0 Å². The summed E-state index contributed by atoms with van der Waals surface area (Å²) in [6.45, 7) is 0.0340. The first-order chi connectivity index (χ1) is 15.9. The molecule has 1 amide bonds. The summed E-state index contributed by atoms with van der Waals surface area (Å²) >= 11 is 0. The maximum Gasteiger partial charge on any atom is 0.573 e. The lowest BCUT2D eigenvalue weighted by molar-refractivity contribution is -0.385. The first-order valence-electron chi connectivity index (χ1n) is 9.43. The second-order valence-electron chi connectivity index (χ2n) is 6.81. The van der Waals surface area contributed by atoms with E-state index in [2.05, 4.69) is 14.8 Å². The Balaban J connectivity index is 1.60. The molecule has 0 fully saturated rings. The highest BCUT2D eigenvalue weighted by Crippen LogP contribution is 2.23. The summed E-state index contributed by atoms with van der Waals surface area (Å²) in [5.74, 6) is -0.880. The number of anilines is 1. The van der Waals surface area contributed by atoms with E-state index in [-0.39, 0.29) is 34.1 Å². The number of carbonyl (C=O) groups is 1. The molecule has 178 valence electrons. The molecular weight excluding hydrogens is 479 g/mol. The number of halogens is 3. The van der Waals surface area contributed by atoms with Crippen LogP contribution in [-0.4, -0.2) is 25.6 Å². The van der Waals surface area contributed by atoms with Gasteiger partial charge < -0.3 is 10.1 Å². The molecule has 9 nitrogen and oxygen atoms in total. The average Bonchev–Trinajstić information content (AvgIpc) is 2.78. The molecule has 2 N–H and O–H groups in total. The molecule has 0 bridgehead atoms. The molecule has 13 heteroatoms. The summed E-state index contributed by atoms with van der Waals surface area (Å²) in [7, 11) is -4.10. The third-order valence-electron chi connectivity index (χ3n) is 4.35. The van der Waals surface area contributed by atoms with E-state index in [9.17, 15) is 36.5 Å². The van der Waals surface area contributed by atoms with Gasteiger partial charge in [-0.25, -0.2) is 8.42 Å². The largest absolute Gasteiger partial charge is 0.573 e. The minimum atomic E-state index is -4.80. The summed E-state index contributed by atoms with van der Waals surface area (Å²) in [6.07, 6.45) is -4.80. The van der Waals surface area contributed by atoms with Crippen molar-refractivity contribution in [1.29, 1.82) is 0 Å².